The first-order valence-corrected chi connectivity index (χ1v) is 8.21. The van der Waals surface area contributed by atoms with Crippen LogP contribution in [-0.4, -0.2) is 21.8 Å². The van der Waals surface area contributed by atoms with Gasteiger partial charge in [0, 0.05) is 30.1 Å². The molecule has 0 aliphatic heterocycles. The van der Waals surface area contributed by atoms with Gasteiger partial charge in [-0.25, -0.2) is 14.4 Å². The maximum Gasteiger partial charge on any atom is 0.259 e. The molecule has 0 bridgehead atoms. The van der Waals surface area contributed by atoms with Crippen LogP contribution in [0, 0.1) is 12.7 Å². The van der Waals surface area contributed by atoms with Gasteiger partial charge in [-0.1, -0.05) is 0 Å². The molecule has 3 aromatic rings. The molecule has 0 fully saturated rings. The quantitative estimate of drug-likeness (QED) is 0.737. The van der Waals surface area contributed by atoms with Gasteiger partial charge < -0.3 is 10.6 Å². The van der Waals surface area contributed by atoms with Crippen molar-refractivity contribution in [1.29, 1.82) is 0 Å². The maximum absolute atomic E-state index is 13.0. The molecule has 0 unspecified atom stereocenters. The van der Waals surface area contributed by atoms with Gasteiger partial charge >= 0.3 is 0 Å². The summed E-state index contributed by atoms with van der Waals surface area (Å²) in [5.41, 5.74) is 2.74. The number of nitrogens with one attached hydrogen (secondary N) is 2. The molecule has 1 aromatic heterocycles. The number of nitrogens with zero attached hydrogens (tertiary/aromatic N) is 2. The van der Waals surface area contributed by atoms with Gasteiger partial charge in [-0.2, -0.15) is 0 Å². The third-order valence-corrected chi connectivity index (χ3v) is 3.79. The number of aryl methyl sites for hydroxylation is 1. The summed E-state index contributed by atoms with van der Waals surface area (Å²) in [6.07, 6.45) is 1.45. The molecule has 2 aromatic carbocycles. The van der Waals surface area contributed by atoms with Crippen LogP contribution in [0.1, 0.15) is 23.0 Å². The molecule has 7 heteroatoms. The Morgan fingerprint density at radius 1 is 0.926 bits per heavy atom. The molecular formula is C20H17FN4O2. The SMILES string of the molecule is CC(=O)Nc1ccc(NC(=O)c2cnc(-c3ccc(F)cc3)nc2C)cc1. The Labute approximate surface area is 155 Å². The van der Waals surface area contributed by atoms with Crippen LogP contribution in [0.3, 0.4) is 0 Å². The Bertz CT molecular complexity index is 986. The van der Waals surface area contributed by atoms with Gasteiger partial charge in [0.1, 0.15) is 5.82 Å². The minimum absolute atomic E-state index is 0.166. The molecular weight excluding hydrogens is 347 g/mol. The number of carbonyl (C=O) groups is 2. The second kappa shape index (κ2) is 7.74. The average Bonchev–Trinajstić information content (AvgIpc) is 2.63. The summed E-state index contributed by atoms with van der Waals surface area (Å²) in [5.74, 6) is -0.425. The molecule has 0 saturated heterocycles. The lowest BCUT2D eigenvalue weighted by atomic mass is 10.1. The van der Waals surface area contributed by atoms with Crippen molar-refractivity contribution in [2.45, 2.75) is 13.8 Å². The van der Waals surface area contributed by atoms with E-state index in [1.807, 2.05) is 0 Å². The highest BCUT2D eigenvalue weighted by Crippen LogP contribution is 2.18. The van der Waals surface area contributed by atoms with Crippen molar-refractivity contribution in [3.05, 3.63) is 71.8 Å². The van der Waals surface area contributed by atoms with Gasteiger partial charge in [-0.3, -0.25) is 9.59 Å². The van der Waals surface area contributed by atoms with E-state index in [4.69, 9.17) is 0 Å². The summed E-state index contributed by atoms with van der Waals surface area (Å²) in [6.45, 7) is 3.14. The average molecular weight is 364 g/mol. The first-order valence-electron chi connectivity index (χ1n) is 8.21. The van der Waals surface area contributed by atoms with E-state index in [9.17, 15) is 14.0 Å². The molecule has 0 radical (unpaired) electrons. The van der Waals surface area contributed by atoms with Crippen molar-refractivity contribution in [2.75, 3.05) is 10.6 Å². The molecule has 1 heterocycles. The molecule has 2 N–H and O–H groups in total. The number of amides is 2. The first kappa shape index (κ1) is 18.2. The molecule has 27 heavy (non-hydrogen) atoms. The van der Waals surface area contributed by atoms with Gasteiger partial charge in [0.15, 0.2) is 5.82 Å². The summed E-state index contributed by atoms with van der Waals surface area (Å²) < 4.78 is 13.0. The molecule has 0 saturated carbocycles. The summed E-state index contributed by atoms with van der Waals surface area (Å²) in [5, 5.41) is 5.42. The van der Waals surface area contributed by atoms with Gasteiger partial charge in [0.25, 0.3) is 5.91 Å². The standard InChI is InChI=1S/C20H17FN4O2/c1-12-18(11-22-19(23-12)14-3-5-15(21)6-4-14)20(27)25-17-9-7-16(8-10-17)24-13(2)26/h3-11H,1-2H3,(H,24,26)(H,25,27). The fraction of sp³-hybridized carbons (Fsp3) is 0.100. The van der Waals surface area contributed by atoms with Crippen molar-refractivity contribution in [2.24, 2.45) is 0 Å². The number of carbonyl (C=O) groups excluding carboxylic acids is 2. The number of hydrogen-bond donors (Lipinski definition) is 2. The van der Waals surface area contributed by atoms with E-state index in [-0.39, 0.29) is 17.6 Å². The largest absolute Gasteiger partial charge is 0.326 e. The van der Waals surface area contributed by atoms with Crippen LogP contribution < -0.4 is 10.6 Å². The molecule has 6 nitrogen and oxygen atoms in total. The van der Waals surface area contributed by atoms with Crippen molar-refractivity contribution in [3.63, 3.8) is 0 Å². The normalized spacial score (nSPS) is 10.3. The minimum atomic E-state index is -0.342. The van der Waals surface area contributed by atoms with E-state index in [0.717, 1.165) is 0 Å². The molecule has 0 spiro atoms. The second-order valence-corrected chi connectivity index (χ2v) is 5.91. The summed E-state index contributed by atoms with van der Waals surface area (Å²) in [6, 6.07) is 12.6. The molecule has 136 valence electrons. The topological polar surface area (TPSA) is 84.0 Å². The lowest BCUT2D eigenvalue weighted by Gasteiger charge is -2.09. The Hall–Kier alpha value is -3.61. The zero-order valence-electron chi connectivity index (χ0n) is 14.8. The molecule has 3 rings (SSSR count). The number of benzene rings is 2. The lowest BCUT2D eigenvalue weighted by molar-refractivity contribution is -0.114. The second-order valence-electron chi connectivity index (χ2n) is 5.91. The Morgan fingerprint density at radius 3 is 2.07 bits per heavy atom. The summed E-state index contributed by atoms with van der Waals surface area (Å²) in [4.78, 5) is 32.1. The summed E-state index contributed by atoms with van der Waals surface area (Å²) >= 11 is 0. The number of rotatable bonds is 4. The van der Waals surface area contributed by atoms with Gasteiger partial charge in [0.05, 0.1) is 11.3 Å². The highest BCUT2D eigenvalue weighted by molar-refractivity contribution is 6.05. The van der Waals surface area contributed by atoms with Crippen molar-refractivity contribution < 1.29 is 14.0 Å². The van der Waals surface area contributed by atoms with Crippen LogP contribution in [0.25, 0.3) is 11.4 Å². The van der Waals surface area contributed by atoms with Gasteiger partial charge in [-0.05, 0) is 55.5 Å². The molecule has 0 atom stereocenters. The third kappa shape index (κ3) is 4.52. The first-order chi connectivity index (χ1) is 12.9. The fourth-order valence-corrected chi connectivity index (χ4v) is 2.47. The monoisotopic (exact) mass is 364 g/mol. The van der Waals surface area contributed by atoms with Crippen molar-refractivity contribution in [3.8, 4) is 11.4 Å². The number of hydrogen-bond acceptors (Lipinski definition) is 4. The van der Waals surface area contributed by atoms with E-state index in [2.05, 4.69) is 20.6 Å². The van der Waals surface area contributed by atoms with Crippen LogP contribution in [0.5, 0.6) is 0 Å². The molecule has 0 aliphatic carbocycles. The van der Waals surface area contributed by atoms with Gasteiger partial charge in [-0.15, -0.1) is 0 Å². The smallest absolute Gasteiger partial charge is 0.259 e. The fourth-order valence-electron chi connectivity index (χ4n) is 2.47. The predicted molar refractivity (Wildman–Crippen MR) is 101 cm³/mol. The molecule has 0 aliphatic rings. The number of aromatic nitrogens is 2. The van der Waals surface area contributed by atoms with Crippen LogP contribution >= 0.6 is 0 Å². The number of anilines is 2. The minimum Gasteiger partial charge on any atom is -0.326 e. The Kier molecular flexibility index (Phi) is 5.21. The maximum atomic E-state index is 13.0. The zero-order chi connectivity index (χ0) is 19.4. The van der Waals surface area contributed by atoms with E-state index in [1.54, 1.807) is 43.3 Å². The Morgan fingerprint density at radius 2 is 1.52 bits per heavy atom. The zero-order valence-corrected chi connectivity index (χ0v) is 14.8. The highest BCUT2D eigenvalue weighted by atomic mass is 19.1. The van der Waals surface area contributed by atoms with Crippen molar-refractivity contribution >= 4 is 23.2 Å². The van der Waals surface area contributed by atoms with Crippen LogP contribution in [0.15, 0.2) is 54.7 Å². The van der Waals surface area contributed by atoms with E-state index < -0.39 is 0 Å². The van der Waals surface area contributed by atoms with Crippen LogP contribution in [-0.2, 0) is 4.79 Å². The van der Waals surface area contributed by atoms with Crippen LogP contribution in [0.2, 0.25) is 0 Å². The number of halogens is 1. The molecule has 2 amide bonds. The van der Waals surface area contributed by atoms with E-state index >= 15 is 0 Å². The third-order valence-electron chi connectivity index (χ3n) is 3.79. The predicted octanol–water partition coefficient (Wildman–Crippen LogP) is 3.80. The lowest BCUT2D eigenvalue weighted by Crippen LogP contribution is -2.15. The van der Waals surface area contributed by atoms with Crippen LogP contribution in [0.4, 0.5) is 15.8 Å². The summed E-state index contributed by atoms with van der Waals surface area (Å²) in [7, 11) is 0. The van der Waals surface area contributed by atoms with E-state index in [0.29, 0.717) is 34.0 Å². The van der Waals surface area contributed by atoms with E-state index in [1.165, 1.54) is 25.3 Å². The van der Waals surface area contributed by atoms with Gasteiger partial charge in [0.2, 0.25) is 5.91 Å². The van der Waals surface area contributed by atoms with Crippen molar-refractivity contribution in [1.82, 2.24) is 9.97 Å². The highest BCUT2D eigenvalue weighted by Gasteiger charge is 2.13. The Balaban J connectivity index is 1.75.